The minimum atomic E-state index is -3.56. The van der Waals surface area contributed by atoms with E-state index in [1.165, 1.54) is 11.8 Å². The number of nitrogens with zero attached hydrogens (tertiary/aromatic N) is 3. The lowest BCUT2D eigenvalue weighted by atomic mass is 10.0. The number of nitrogens with one attached hydrogen (secondary N) is 2. The zero-order valence-electron chi connectivity index (χ0n) is 16.8. The highest BCUT2D eigenvalue weighted by Gasteiger charge is 2.18. The summed E-state index contributed by atoms with van der Waals surface area (Å²) in [6, 6.07) is 7.21. The van der Waals surface area contributed by atoms with Crippen LogP contribution in [0, 0.1) is 5.92 Å². The van der Waals surface area contributed by atoms with Gasteiger partial charge < -0.3 is 10.4 Å². The van der Waals surface area contributed by atoms with E-state index in [2.05, 4.69) is 25.0 Å². The van der Waals surface area contributed by atoms with Crippen molar-refractivity contribution < 1.29 is 13.5 Å². The van der Waals surface area contributed by atoms with Crippen molar-refractivity contribution >= 4 is 45.3 Å². The van der Waals surface area contributed by atoms with Crippen molar-refractivity contribution in [3.63, 3.8) is 0 Å². The van der Waals surface area contributed by atoms with E-state index in [1.807, 2.05) is 45.0 Å². The number of halogens is 1. The molecule has 0 aliphatic rings. The monoisotopic (exact) mass is 459 g/mol. The van der Waals surface area contributed by atoms with E-state index in [1.54, 1.807) is 0 Å². The molecule has 0 unspecified atom stereocenters. The minimum absolute atomic E-state index is 0.0747. The van der Waals surface area contributed by atoms with Crippen LogP contribution in [0.25, 0.3) is 0 Å². The third kappa shape index (κ3) is 7.96. The molecule has 0 aliphatic carbocycles. The van der Waals surface area contributed by atoms with Crippen LogP contribution < -0.4 is 10.0 Å². The lowest BCUT2D eigenvalue weighted by Crippen LogP contribution is -2.27. The third-order valence-electron chi connectivity index (χ3n) is 3.83. The summed E-state index contributed by atoms with van der Waals surface area (Å²) in [5.74, 6) is 0.462. The van der Waals surface area contributed by atoms with Crippen molar-refractivity contribution in [2.75, 3.05) is 22.9 Å². The number of rotatable bonds is 10. The van der Waals surface area contributed by atoms with Crippen LogP contribution in [0.3, 0.4) is 0 Å². The van der Waals surface area contributed by atoms with E-state index in [9.17, 15) is 13.5 Å². The second-order valence-electron chi connectivity index (χ2n) is 7.07. The number of anilines is 2. The molecule has 0 radical (unpaired) electrons. The Bertz CT molecular complexity index is 927. The molecule has 29 heavy (non-hydrogen) atoms. The summed E-state index contributed by atoms with van der Waals surface area (Å²) in [7, 11) is -3.56. The SMILES string of the molecule is CC(C)C[C@H](CO)Nc1nc(NS(C)(=O)=O)nc(S[C@H](C)c2ccccc2Cl)n1. The molecule has 2 rings (SSSR count). The number of aliphatic hydroxyl groups excluding tert-OH is 1. The first kappa shape index (κ1) is 23.7. The molecular weight excluding hydrogens is 434 g/mol. The molecule has 2 aromatic rings. The van der Waals surface area contributed by atoms with Crippen LogP contribution in [-0.4, -0.2) is 47.4 Å². The van der Waals surface area contributed by atoms with Gasteiger partial charge in [-0.05, 0) is 30.9 Å². The van der Waals surface area contributed by atoms with Gasteiger partial charge in [0.2, 0.25) is 21.9 Å². The molecule has 8 nitrogen and oxygen atoms in total. The topological polar surface area (TPSA) is 117 Å². The fourth-order valence-electron chi connectivity index (χ4n) is 2.64. The Morgan fingerprint density at radius 2 is 1.79 bits per heavy atom. The van der Waals surface area contributed by atoms with Gasteiger partial charge in [-0.15, -0.1) is 0 Å². The molecule has 0 amide bonds. The lowest BCUT2D eigenvalue weighted by molar-refractivity contribution is 0.259. The zero-order valence-corrected chi connectivity index (χ0v) is 19.1. The van der Waals surface area contributed by atoms with Gasteiger partial charge in [0.25, 0.3) is 0 Å². The van der Waals surface area contributed by atoms with Gasteiger partial charge >= 0.3 is 0 Å². The molecule has 1 aromatic heterocycles. The summed E-state index contributed by atoms with van der Waals surface area (Å²) >= 11 is 7.60. The maximum Gasteiger partial charge on any atom is 0.242 e. The Balaban J connectivity index is 2.32. The van der Waals surface area contributed by atoms with Gasteiger partial charge in [0, 0.05) is 10.3 Å². The molecule has 0 spiro atoms. The first-order chi connectivity index (χ1) is 13.6. The van der Waals surface area contributed by atoms with Crippen LogP contribution in [0.5, 0.6) is 0 Å². The second kappa shape index (κ2) is 10.4. The van der Waals surface area contributed by atoms with Crippen LogP contribution in [0.4, 0.5) is 11.9 Å². The van der Waals surface area contributed by atoms with Gasteiger partial charge in [0.05, 0.1) is 18.9 Å². The third-order valence-corrected chi connectivity index (χ3v) is 5.72. The summed E-state index contributed by atoms with van der Waals surface area (Å²) in [4.78, 5) is 12.7. The molecular formula is C18H26ClN5O3S2. The number of hydrogen-bond donors (Lipinski definition) is 3. The number of sulfonamides is 1. The molecule has 0 aliphatic heterocycles. The highest BCUT2D eigenvalue weighted by molar-refractivity contribution is 7.99. The van der Waals surface area contributed by atoms with Crippen molar-refractivity contribution in [3.05, 3.63) is 34.9 Å². The van der Waals surface area contributed by atoms with Crippen LogP contribution in [0.15, 0.2) is 29.4 Å². The molecule has 3 N–H and O–H groups in total. The molecule has 160 valence electrons. The quantitative estimate of drug-likeness (QED) is 0.461. The van der Waals surface area contributed by atoms with Crippen LogP contribution in [0.1, 0.15) is 38.0 Å². The Labute approximate surface area is 181 Å². The maximum absolute atomic E-state index is 11.6. The van der Waals surface area contributed by atoms with E-state index in [4.69, 9.17) is 11.6 Å². The van der Waals surface area contributed by atoms with E-state index in [0.717, 1.165) is 11.8 Å². The number of thioether (sulfide) groups is 1. The Morgan fingerprint density at radius 1 is 1.14 bits per heavy atom. The fourth-order valence-corrected chi connectivity index (χ4v) is 4.36. The van der Waals surface area contributed by atoms with Crippen LogP contribution in [0.2, 0.25) is 5.02 Å². The van der Waals surface area contributed by atoms with Gasteiger partial charge in [0.1, 0.15) is 0 Å². The lowest BCUT2D eigenvalue weighted by Gasteiger charge is -2.19. The molecule has 0 bridgehead atoms. The number of aliphatic hydroxyl groups is 1. The van der Waals surface area contributed by atoms with Gasteiger partial charge in [-0.25, -0.2) is 8.42 Å². The van der Waals surface area contributed by atoms with Gasteiger partial charge in [-0.1, -0.05) is 55.4 Å². The minimum Gasteiger partial charge on any atom is -0.394 e. The number of benzene rings is 1. The summed E-state index contributed by atoms with van der Waals surface area (Å²) in [6.07, 6.45) is 1.73. The fraction of sp³-hybridized carbons (Fsp3) is 0.500. The average molecular weight is 460 g/mol. The molecule has 1 aromatic carbocycles. The highest BCUT2D eigenvalue weighted by Crippen LogP contribution is 2.36. The Morgan fingerprint density at radius 3 is 2.38 bits per heavy atom. The molecule has 1 heterocycles. The normalized spacial score (nSPS) is 13.9. The van der Waals surface area contributed by atoms with Crippen LogP contribution in [-0.2, 0) is 10.0 Å². The summed E-state index contributed by atoms with van der Waals surface area (Å²) in [6.45, 7) is 5.95. The highest BCUT2D eigenvalue weighted by atomic mass is 35.5. The van der Waals surface area contributed by atoms with Crippen LogP contribution >= 0.6 is 23.4 Å². The predicted molar refractivity (Wildman–Crippen MR) is 118 cm³/mol. The van der Waals surface area contributed by atoms with Gasteiger partial charge in [-0.2, -0.15) is 15.0 Å². The largest absolute Gasteiger partial charge is 0.394 e. The van der Waals surface area contributed by atoms with Crippen molar-refractivity contribution in [1.82, 2.24) is 15.0 Å². The van der Waals surface area contributed by atoms with E-state index in [-0.39, 0.29) is 29.8 Å². The standard InChI is InChI=1S/C18H26ClN5O3S2/c1-11(2)9-13(10-25)20-16-21-17(24-29(4,26)27)23-18(22-16)28-12(3)14-7-5-6-8-15(14)19/h5-8,11-13,25H,9-10H2,1-4H3,(H2,20,21,22,23,24)/t12-,13-/m1/s1. The number of aromatic nitrogens is 3. The molecule has 0 saturated heterocycles. The predicted octanol–water partition coefficient (Wildman–Crippen LogP) is 3.57. The Hall–Kier alpha value is -1.62. The average Bonchev–Trinajstić information content (AvgIpc) is 2.59. The molecule has 0 fully saturated rings. The number of hydrogen-bond acceptors (Lipinski definition) is 8. The first-order valence-electron chi connectivity index (χ1n) is 9.09. The van der Waals surface area contributed by atoms with Crippen molar-refractivity contribution in [2.24, 2.45) is 5.92 Å². The summed E-state index contributed by atoms with van der Waals surface area (Å²) in [5.41, 5.74) is 0.916. The second-order valence-corrected chi connectivity index (χ2v) is 10.5. The van der Waals surface area contributed by atoms with Gasteiger partial charge in [-0.3, -0.25) is 4.72 Å². The van der Waals surface area contributed by atoms with E-state index < -0.39 is 10.0 Å². The summed E-state index contributed by atoms with van der Waals surface area (Å²) < 4.78 is 25.6. The molecule has 11 heteroatoms. The van der Waals surface area contributed by atoms with Crippen molar-refractivity contribution in [2.45, 2.75) is 43.6 Å². The van der Waals surface area contributed by atoms with E-state index in [0.29, 0.717) is 22.5 Å². The first-order valence-corrected chi connectivity index (χ1v) is 12.2. The molecule has 2 atom stereocenters. The maximum atomic E-state index is 11.6. The smallest absolute Gasteiger partial charge is 0.242 e. The Kier molecular flexibility index (Phi) is 8.50. The van der Waals surface area contributed by atoms with Crippen molar-refractivity contribution in [3.8, 4) is 0 Å². The van der Waals surface area contributed by atoms with Crippen molar-refractivity contribution in [1.29, 1.82) is 0 Å². The summed E-state index contributed by atoms with van der Waals surface area (Å²) in [5, 5.41) is 13.6. The zero-order chi connectivity index (χ0) is 21.6. The van der Waals surface area contributed by atoms with Gasteiger partial charge in [0.15, 0.2) is 5.16 Å². The molecule has 0 saturated carbocycles. The van der Waals surface area contributed by atoms with E-state index >= 15 is 0 Å².